The second-order valence-electron chi connectivity index (χ2n) is 5.07. The van der Waals surface area contributed by atoms with Crippen molar-refractivity contribution < 1.29 is 9.63 Å². The van der Waals surface area contributed by atoms with Gasteiger partial charge in [-0.3, -0.25) is 0 Å². The van der Waals surface area contributed by atoms with Crippen molar-refractivity contribution in [2.24, 2.45) is 4.99 Å². The van der Waals surface area contributed by atoms with Gasteiger partial charge in [0.15, 0.2) is 11.8 Å². The van der Waals surface area contributed by atoms with Crippen LogP contribution in [0.2, 0.25) is 0 Å². The molecule has 1 fully saturated rings. The van der Waals surface area contributed by atoms with Crippen molar-refractivity contribution in [2.75, 3.05) is 6.54 Å². The average Bonchev–Trinajstić information content (AvgIpc) is 2.85. The quantitative estimate of drug-likeness (QED) is 0.395. The molecular formula is C13H24IN5O2. The fraction of sp³-hybridized carbons (Fsp3) is 0.769. The van der Waals surface area contributed by atoms with Gasteiger partial charge in [-0.2, -0.15) is 4.98 Å². The first kappa shape index (κ1) is 18.1. The van der Waals surface area contributed by atoms with Crippen molar-refractivity contribution in [1.82, 2.24) is 20.8 Å². The molecule has 0 radical (unpaired) electrons. The Labute approximate surface area is 142 Å². The van der Waals surface area contributed by atoms with Crippen LogP contribution < -0.4 is 10.6 Å². The van der Waals surface area contributed by atoms with Crippen molar-refractivity contribution in [3.63, 3.8) is 0 Å². The van der Waals surface area contributed by atoms with Crippen molar-refractivity contribution in [1.29, 1.82) is 0 Å². The molecule has 1 heterocycles. The van der Waals surface area contributed by atoms with Crippen LogP contribution in [-0.4, -0.2) is 39.9 Å². The lowest BCUT2D eigenvalue weighted by Crippen LogP contribution is -2.45. The summed E-state index contributed by atoms with van der Waals surface area (Å²) in [5.74, 6) is 1.89. The molecule has 21 heavy (non-hydrogen) atoms. The molecule has 0 aromatic carbocycles. The van der Waals surface area contributed by atoms with Crippen LogP contribution in [0.5, 0.6) is 0 Å². The molecule has 1 aromatic heterocycles. The van der Waals surface area contributed by atoms with Crippen molar-refractivity contribution in [3.8, 4) is 0 Å². The van der Waals surface area contributed by atoms with Crippen molar-refractivity contribution in [2.45, 2.75) is 58.2 Å². The predicted molar refractivity (Wildman–Crippen MR) is 90.7 cm³/mol. The highest BCUT2D eigenvalue weighted by molar-refractivity contribution is 14.0. The van der Waals surface area contributed by atoms with Gasteiger partial charge in [0.2, 0.25) is 5.89 Å². The molecule has 0 bridgehead atoms. The summed E-state index contributed by atoms with van der Waals surface area (Å²) in [6.45, 7) is 4.98. The van der Waals surface area contributed by atoms with Crippen molar-refractivity contribution >= 4 is 29.9 Å². The molecule has 1 aliphatic rings. The van der Waals surface area contributed by atoms with Crippen LogP contribution in [0.25, 0.3) is 0 Å². The summed E-state index contributed by atoms with van der Waals surface area (Å²) in [4.78, 5) is 8.58. The molecule has 1 aliphatic carbocycles. The van der Waals surface area contributed by atoms with Crippen LogP contribution in [0.4, 0.5) is 0 Å². The normalized spacial score (nSPS) is 22.5. The number of nitrogens with zero attached hydrogens (tertiary/aromatic N) is 3. The molecule has 3 N–H and O–H groups in total. The number of aliphatic imine (C=N–C) groups is 1. The maximum atomic E-state index is 9.52. The Kier molecular flexibility index (Phi) is 7.94. The monoisotopic (exact) mass is 409 g/mol. The van der Waals surface area contributed by atoms with Crippen LogP contribution in [0.3, 0.4) is 0 Å². The van der Waals surface area contributed by atoms with E-state index < -0.39 is 0 Å². The Bertz CT molecular complexity index is 444. The first-order valence-corrected chi connectivity index (χ1v) is 7.19. The van der Waals surface area contributed by atoms with E-state index in [-0.39, 0.29) is 30.1 Å². The molecule has 1 saturated carbocycles. The van der Waals surface area contributed by atoms with Gasteiger partial charge in [-0.25, -0.2) is 4.99 Å². The van der Waals surface area contributed by atoms with Gasteiger partial charge in [0.1, 0.15) is 6.54 Å². The standard InChI is InChI=1S/C13H23N5O2.HI/c1-3-14-13(15-8-12-16-9(2)20-18-12)17-10-4-6-11(19)7-5-10;/h10-11,19H,3-8H2,1-2H3,(H2,14,15,17);1H. The third kappa shape index (κ3) is 6.16. The Morgan fingerprint density at radius 2 is 2.10 bits per heavy atom. The van der Waals surface area contributed by atoms with Crippen LogP contribution in [-0.2, 0) is 6.54 Å². The minimum Gasteiger partial charge on any atom is -0.393 e. The van der Waals surface area contributed by atoms with E-state index in [4.69, 9.17) is 4.52 Å². The number of halogens is 1. The highest BCUT2D eigenvalue weighted by Crippen LogP contribution is 2.18. The molecule has 0 saturated heterocycles. The number of nitrogens with one attached hydrogen (secondary N) is 2. The Morgan fingerprint density at radius 3 is 2.67 bits per heavy atom. The van der Waals surface area contributed by atoms with Crippen LogP contribution in [0, 0.1) is 6.92 Å². The molecule has 120 valence electrons. The smallest absolute Gasteiger partial charge is 0.223 e. The van der Waals surface area contributed by atoms with Crippen molar-refractivity contribution in [3.05, 3.63) is 11.7 Å². The Balaban J connectivity index is 0.00000220. The number of hydrogen-bond donors (Lipinski definition) is 3. The lowest BCUT2D eigenvalue weighted by atomic mass is 9.93. The summed E-state index contributed by atoms with van der Waals surface area (Å²) in [6.07, 6.45) is 3.48. The summed E-state index contributed by atoms with van der Waals surface area (Å²) in [5, 5.41) is 19.9. The predicted octanol–water partition coefficient (Wildman–Crippen LogP) is 1.35. The largest absolute Gasteiger partial charge is 0.393 e. The number of aliphatic hydroxyl groups is 1. The second-order valence-corrected chi connectivity index (χ2v) is 5.07. The van der Waals surface area contributed by atoms with Gasteiger partial charge in [-0.05, 0) is 32.6 Å². The molecule has 7 nitrogen and oxygen atoms in total. The number of aryl methyl sites for hydroxylation is 1. The summed E-state index contributed by atoms with van der Waals surface area (Å²) in [7, 11) is 0. The molecule has 8 heteroatoms. The van der Waals surface area contributed by atoms with E-state index in [1.54, 1.807) is 6.92 Å². The van der Waals surface area contributed by atoms with Crippen LogP contribution >= 0.6 is 24.0 Å². The fourth-order valence-corrected chi connectivity index (χ4v) is 2.29. The van der Waals surface area contributed by atoms with E-state index >= 15 is 0 Å². The summed E-state index contributed by atoms with van der Waals surface area (Å²) in [6, 6.07) is 0.364. The maximum Gasteiger partial charge on any atom is 0.223 e. The fourth-order valence-electron chi connectivity index (χ4n) is 2.29. The SMILES string of the molecule is CCNC(=NCc1noc(C)n1)NC1CCC(O)CC1.I. The molecule has 1 aromatic rings. The van der Waals surface area contributed by atoms with Gasteiger partial charge in [0.05, 0.1) is 6.10 Å². The topological polar surface area (TPSA) is 95.6 Å². The summed E-state index contributed by atoms with van der Waals surface area (Å²) < 4.78 is 4.92. The minimum atomic E-state index is -0.144. The van der Waals surface area contributed by atoms with Crippen LogP contribution in [0.15, 0.2) is 9.52 Å². The Hall–Kier alpha value is -0.900. The van der Waals surface area contributed by atoms with Gasteiger partial charge >= 0.3 is 0 Å². The average molecular weight is 409 g/mol. The van der Waals surface area contributed by atoms with Gasteiger partial charge < -0.3 is 20.3 Å². The highest BCUT2D eigenvalue weighted by atomic mass is 127. The first-order chi connectivity index (χ1) is 9.67. The molecular weight excluding hydrogens is 385 g/mol. The third-order valence-corrected chi connectivity index (χ3v) is 3.33. The van der Waals surface area contributed by atoms with E-state index in [1.807, 2.05) is 6.92 Å². The van der Waals surface area contributed by atoms with E-state index in [0.29, 0.717) is 24.3 Å². The molecule has 0 unspecified atom stereocenters. The Morgan fingerprint density at radius 1 is 1.38 bits per heavy atom. The van der Waals surface area contributed by atoms with Crippen LogP contribution in [0.1, 0.15) is 44.3 Å². The molecule has 0 amide bonds. The molecule has 2 rings (SSSR count). The van der Waals surface area contributed by atoms with E-state index in [2.05, 4.69) is 25.8 Å². The molecule has 0 atom stereocenters. The van der Waals surface area contributed by atoms with Gasteiger partial charge in [-0.15, -0.1) is 24.0 Å². The lowest BCUT2D eigenvalue weighted by Gasteiger charge is -2.27. The number of aromatic nitrogens is 2. The van der Waals surface area contributed by atoms with E-state index in [0.717, 1.165) is 38.2 Å². The zero-order valence-electron chi connectivity index (χ0n) is 12.5. The molecule has 0 spiro atoms. The van der Waals surface area contributed by atoms with Gasteiger partial charge in [-0.1, -0.05) is 5.16 Å². The maximum absolute atomic E-state index is 9.52. The second kappa shape index (κ2) is 9.19. The highest BCUT2D eigenvalue weighted by Gasteiger charge is 2.19. The van der Waals surface area contributed by atoms with Gasteiger partial charge in [0, 0.05) is 19.5 Å². The number of guanidine groups is 1. The zero-order chi connectivity index (χ0) is 14.4. The number of rotatable bonds is 4. The summed E-state index contributed by atoms with van der Waals surface area (Å²) >= 11 is 0. The minimum absolute atomic E-state index is 0. The van der Waals surface area contributed by atoms with E-state index in [9.17, 15) is 5.11 Å². The first-order valence-electron chi connectivity index (χ1n) is 7.19. The lowest BCUT2D eigenvalue weighted by molar-refractivity contribution is 0.120. The summed E-state index contributed by atoms with van der Waals surface area (Å²) in [5.41, 5.74) is 0. The number of aliphatic hydroxyl groups excluding tert-OH is 1. The van der Waals surface area contributed by atoms with Gasteiger partial charge in [0.25, 0.3) is 0 Å². The van der Waals surface area contributed by atoms with E-state index in [1.165, 1.54) is 0 Å². The zero-order valence-corrected chi connectivity index (χ0v) is 14.8. The third-order valence-electron chi connectivity index (χ3n) is 3.33. The molecule has 0 aliphatic heterocycles. The number of hydrogen-bond acceptors (Lipinski definition) is 5.